The number of hydrogen-bond donors (Lipinski definition) is 2. The third-order valence-corrected chi connectivity index (χ3v) is 3.43. The summed E-state index contributed by atoms with van der Waals surface area (Å²) in [5.74, 6) is -0.741. The summed E-state index contributed by atoms with van der Waals surface area (Å²) in [6, 6.07) is 8.59. The van der Waals surface area contributed by atoms with E-state index in [4.69, 9.17) is 17.3 Å². The molecule has 0 aliphatic heterocycles. The Kier molecular flexibility index (Phi) is 4.07. The van der Waals surface area contributed by atoms with Crippen LogP contribution in [0.5, 0.6) is 0 Å². The Morgan fingerprint density at radius 2 is 2.00 bits per heavy atom. The van der Waals surface area contributed by atoms with Crippen LogP contribution in [0.15, 0.2) is 40.9 Å². The van der Waals surface area contributed by atoms with Crippen LogP contribution >= 0.6 is 27.5 Å². The summed E-state index contributed by atoms with van der Waals surface area (Å²) < 4.78 is 13.4. The first-order chi connectivity index (χ1) is 8.97. The van der Waals surface area contributed by atoms with E-state index < -0.39 is 0 Å². The third-order valence-electron chi connectivity index (χ3n) is 2.44. The molecule has 0 aliphatic rings. The number of amides is 1. The first-order valence-electron chi connectivity index (χ1n) is 5.29. The zero-order chi connectivity index (χ0) is 14.0. The molecule has 0 spiro atoms. The van der Waals surface area contributed by atoms with Crippen LogP contribution < -0.4 is 11.1 Å². The summed E-state index contributed by atoms with van der Waals surface area (Å²) in [5.41, 5.74) is 6.82. The molecule has 0 saturated carbocycles. The van der Waals surface area contributed by atoms with Crippen LogP contribution in [-0.2, 0) is 0 Å². The minimum atomic E-state index is -0.389. The Hall–Kier alpha value is -1.59. The fraction of sp³-hybridized carbons (Fsp3) is 0. The maximum absolute atomic E-state index is 12.9. The van der Waals surface area contributed by atoms with Crippen LogP contribution in [0.25, 0.3) is 0 Å². The van der Waals surface area contributed by atoms with Gasteiger partial charge >= 0.3 is 0 Å². The van der Waals surface area contributed by atoms with E-state index in [1.54, 1.807) is 12.1 Å². The number of hydrogen-bond acceptors (Lipinski definition) is 2. The molecule has 19 heavy (non-hydrogen) atoms. The minimum Gasteiger partial charge on any atom is -0.398 e. The van der Waals surface area contributed by atoms with Gasteiger partial charge in [0, 0.05) is 10.0 Å². The molecule has 0 bridgehead atoms. The summed E-state index contributed by atoms with van der Waals surface area (Å²) in [7, 11) is 0. The lowest BCUT2D eigenvalue weighted by molar-refractivity contribution is 0.102. The van der Waals surface area contributed by atoms with Crippen LogP contribution in [0.1, 0.15) is 10.4 Å². The number of nitrogens with one attached hydrogen (secondary N) is 1. The van der Waals surface area contributed by atoms with Gasteiger partial charge in [-0.1, -0.05) is 11.6 Å². The molecule has 0 fully saturated rings. The zero-order valence-corrected chi connectivity index (χ0v) is 11.9. The lowest BCUT2D eigenvalue weighted by Crippen LogP contribution is -2.12. The van der Waals surface area contributed by atoms with Gasteiger partial charge in [0.1, 0.15) is 5.82 Å². The second-order valence-electron chi connectivity index (χ2n) is 3.81. The molecule has 0 unspecified atom stereocenters. The molecule has 3 nitrogen and oxygen atoms in total. The van der Waals surface area contributed by atoms with E-state index in [9.17, 15) is 9.18 Å². The summed E-state index contributed by atoms with van der Waals surface area (Å²) in [5, 5.41) is 2.96. The first-order valence-corrected chi connectivity index (χ1v) is 6.46. The second kappa shape index (κ2) is 5.59. The molecule has 0 saturated heterocycles. The standard InChI is InChI=1S/C13H9BrClFN2O/c14-9-6-8(16)2-4-12(9)18-13(19)7-1-3-11(17)10(15)5-7/h1-6H,17H2,(H,18,19). The van der Waals surface area contributed by atoms with E-state index >= 15 is 0 Å². The molecule has 0 heterocycles. The Morgan fingerprint density at radius 1 is 1.26 bits per heavy atom. The van der Waals surface area contributed by atoms with Crippen molar-refractivity contribution >= 4 is 44.8 Å². The summed E-state index contributed by atoms with van der Waals surface area (Å²) >= 11 is 9.02. The van der Waals surface area contributed by atoms with Gasteiger partial charge in [0.05, 0.1) is 16.4 Å². The fourth-order valence-corrected chi connectivity index (χ4v) is 2.08. The Morgan fingerprint density at radius 3 is 2.63 bits per heavy atom. The monoisotopic (exact) mass is 342 g/mol. The van der Waals surface area contributed by atoms with Crippen molar-refractivity contribution in [3.8, 4) is 0 Å². The Bertz CT molecular complexity index is 649. The predicted octanol–water partition coefficient (Wildman–Crippen LogP) is 4.08. The van der Waals surface area contributed by atoms with Crippen molar-refractivity contribution in [3.05, 3.63) is 57.3 Å². The highest BCUT2D eigenvalue weighted by atomic mass is 79.9. The lowest BCUT2D eigenvalue weighted by Gasteiger charge is -2.08. The maximum atomic E-state index is 12.9. The largest absolute Gasteiger partial charge is 0.398 e. The zero-order valence-electron chi connectivity index (χ0n) is 9.58. The molecular formula is C13H9BrClFN2O. The molecule has 2 rings (SSSR count). The number of nitrogen functional groups attached to an aromatic ring is 1. The van der Waals surface area contributed by atoms with E-state index in [-0.39, 0.29) is 11.7 Å². The van der Waals surface area contributed by atoms with Crippen LogP contribution in [0.2, 0.25) is 5.02 Å². The Labute approximate surface area is 122 Å². The molecule has 3 N–H and O–H groups in total. The average molecular weight is 344 g/mol. The van der Waals surface area contributed by atoms with Gasteiger partial charge in [-0.2, -0.15) is 0 Å². The predicted molar refractivity (Wildman–Crippen MR) is 77.9 cm³/mol. The highest BCUT2D eigenvalue weighted by Gasteiger charge is 2.10. The molecule has 0 atom stereocenters. The molecule has 0 radical (unpaired) electrons. The van der Waals surface area contributed by atoms with Crippen LogP contribution in [-0.4, -0.2) is 5.91 Å². The van der Waals surface area contributed by atoms with Gasteiger partial charge in [0.15, 0.2) is 0 Å². The number of benzene rings is 2. The van der Waals surface area contributed by atoms with Gasteiger partial charge in [0.2, 0.25) is 0 Å². The smallest absolute Gasteiger partial charge is 0.255 e. The lowest BCUT2D eigenvalue weighted by atomic mass is 10.2. The van der Waals surface area contributed by atoms with Crippen molar-refractivity contribution in [1.82, 2.24) is 0 Å². The van der Waals surface area contributed by atoms with Gasteiger partial charge in [-0.15, -0.1) is 0 Å². The van der Waals surface area contributed by atoms with Gasteiger partial charge in [0.25, 0.3) is 5.91 Å². The van der Waals surface area contributed by atoms with Gasteiger partial charge in [-0.25, -0.2) is 4.39 Å². The molecule has 0 aliphatic carbocycles. The maximum Gasteiger partial charge on any atom is 0.255 e. The van der Waals surface area contributed by atoms with Crippen molar-refractivity contribution in [1.29, 1.82) is 0 Å². The van der Waals surface area contributed by atoms with Gasteiger partial charge < -0.3 is 11.1 Å². The molecule has 0 aromatic heterocycles. The van der Waals surface area contributed by atoms with E-state index in [2.05, 4.69) is 21.2 Å². The van der Waals surface area contributed by atoms with Gasteiger partial charge in [-0.05, 0) is 52.3 Å². The van der Waals surface area contributed by atoms with Gasteiger partial charge in [-0.3, -0.25) is 4.79 Å². The summed E-state index contributed by atoms with van der Waals surface area (Å²) in [6.45, 7) is 0. The highest BCUT2D eigenvalue weighted by molar-refractivity contribution is 9.10. The first kappa shape index (κ1) is 13.8. The molecular weight excluding hydrogens is 335 g/mol. The summed E-state index contributed by atoms with van der Waals surface area (Å²) in [6.07, 6.45) is 0. The normalized spacial score (nSPS) is 10.3. The third kappa shape index (κ3) is 3.24. The minimum absolute atomic E-state index is 0.311. The van der Waals surface area contributed by atoms with Crippen molar-refractivity contribution in [3.63, 3.8) is 0 Å². The number of carbonyl (C=O) groups excluding carboxylic acids is 1. The molecule has 2 aromatic rings. The van der Waals surface area contributed by atoms with Crippen molar-refractivity contribution < 1.29 is 9.18 Å². The average Bonchev–Trinajstić information content (AvgIpc) is 2.36. The van der Waals surface area contributed by atoms with Crippen LogP contribution in [0, 0.1) is 5.82 Å². The van der Waals surface area contributed by atoms with Crippen LogP contribution in [0.4, 0.5) is 15.8 Å². The molecule has 1 amide bonds. The van der Waals surface area contributed by atoms with Crippen molar-refractivity contribution in [2.24, 2.45) is 0 Å². The number of carbonyl (C=O) groups is 1. The molecule has 2 aromatic carbocycles. The number of rotatable bonds is 2. The molecule has 6 heteroatoms. The topological polar surface area (TPSA) is 55.1 Å². The van der Waals surface area contributed by atoms with E-state index in [0.717, 1.165) is 0 Å². The van der Waals surface area contributed by atoms with E-state index in [0.29, 0.717) is 26.4 Å². The number of halogens is 3. The SMILES string of the molecule is Nc1ccc(C(=O)Nc2ccc(F)cc2Br)cc1Cl. The summed E-state index contributed by atoms with van der Waals surface area (Å²) in [4.78, 5) is 12.0. The molecule has 98 valence electrons. The van der Waals surface area contributed by atoms with E-state index in [1.165, 1.54) is 24.3 Å². The van der Waals surface area contributed by atoms with Crippen molar-refractivity contribution in [2.75, 3.05) is 11.1 Å². The van der Waals surface area contributed by atoms with E-state index in [1.807, 2.05) is 0 Å². The van der Waals surface area contributed by atoms with Crippen LogP contribution in [0.3, 0.4) is 0 Å². The highest BCUT2D eigenvalue weighted by Crippen LogP contribution is 2.25. The Balaban J connectivity index is 2.23. The second-order valence-corrected chi connectivity index (χ2v) is 5.08. The number of nitrogens with two attached hydrogens (primary N) is 1. The van der Waals surface area contributed by atoms with Crippen molar-refractivity contribution in [2.45, 2.75) is 0 Å². The number of anilines is 2. The fourth-order valence-electron chi connectivity index (χ4n) is 1.45. The quantitative estimate of drug-likeness (QED) is 0.807.